The number of carboxylic acids is 3. The number of carbonyl (C=O) groups excluding carboxylic acids is 8. The molecule has 0 heterocycles. The summed E-state index contributed by atoms with van der Waals surface area (Å²) in [5.41, 5.74) is 12.2. The van der Waals surface area contributed by atoms with Crippen molar-refractivity contribution < 1.29 is 88.5 Å². The Kier molecular flexibility index (Phi) is 30.5. The molecule has 0 radical (unpaired) electrons. The maximum Gasteiger partial charge on any atom is 0.326 e. The molecule has 19 N–H and O–H groups in total. The van der Waals surface area contributed by atoms with E-state index in [1.807, 2.05) is 0 Å². The van der Waals surface area contributed by atoms with Gasteiger partial charge in [0.25, 0.3) is 5.97 Å². The van der Waals surface area contributed by atoms with E-state index in [1.165, 1.54) is 6.92 Å². The lowest BCUT2D eigenvalue weighted by atomic mass is 9.97. The van der Waals surface area contributed by atoms with E-state index in [-0.39, 0.29) is 19.4 Å². The number of hydrogen-bond acceptors (Lipinski definition) is 17. The fourth-order valence-electron chi connectivity index (χ4n) is 6.22. The van der Waals surface area contributed by atoms with E-state index in [1.54, 1.807) is 44.2 Å². The number of carboxylic acid groups (broad SMARTS) is 3. The van der Waals surface area contributed by atoms with Crippen molar-refractivity contribution in [1.82, 2.24) is 42.5 Å². The van der Waals surface area contributed by atoms with Gasteiger partial charge < -0.3 is 89.7 Å². The molecule has 0 saturated heterocycles. The Balaban J connectivity index is 0.0000121. The maximum atomic E-state index is 13.6. The Morgan fingerprint density at radius 1 is 0.556 bits per heavy atom. The largest absolute Gasteiger partial charge is 0.481 e. The summed E-state index contributed by atoms with van der Waals surface area (Å²) in [4.78, 5) is 138. The molecule has 406 valence electrons. The Bertz CT molecular complexity index is 1970. The Labute approximate surface area is 415 Å². The molecule has 0 fully saturated rings. The van der Waals surface area contributed by atoms with Crippen LogP contribution in [-0.2, 0) is 59.2 Å². The van der Waals surface area contributed by atoms with Gasteiger partial charge >= 0.3 is 11.9 Å². The normalized spacial score (nSPS) is 15.8. The SMILES string of the molecule is CC(=O)O.CC[C@H](C)[C@H](NC(=O)[C@@H](NC(=O)[C@@H](N)Cc1ccccc1)[C@@H](C)O)C(=O)N[C@@H](CO)C(=O)N[C@@H](C)C(=O)N[C@@H](CC(=O)O)C(=O)N[C@H](C(=O)N[C@@H](CO)C(=O)N[C@@H](CCCCN)C(=O)O)[C@@H](C)O. The van der Waals surface area contributed by atoms with Crippen LogP contribution in [0.15, 0.2) is 30.3 Å². The molecule has 72 heavy (non-hydrogen) atoms. The number of nitrogens with two attached hydrogens (primary N) is 2. The first-order valence-electron chi connectivity index (χ1n) is 22.8. The van der Waals surface area contributed by atoms with Crippen LogP contribution in [0.5, 0.6) is 0 Å². The van der Waals surface area contributed by atoms with Crippen molar-refractivity contribution in [2.75, 3.05) is 19.8 Å². The third kappa shape index (κ3) is 24.3. The van der Waals surface area contributed by atoms with Crippen molar-refractivity contribution in [1.29, 1.82) is 0 Å². The van der Waals surface area contributed by atoms with Crippen molar-refractivity contribution in [2.45, 2.75) is 147 Å². The second-order valence-corrected chi connectivity index (χ2v) is 16.7. The van der Waals surface area contributed by atoms with Crippen LogP contribution >= 0.6 is 0 Å². The molecule has 0 aliphatic rings. The maximum absolute atomic E-state index is 13.6. The highest BCUT2D eigenvalue weighted by Gasteiger charge is 2.37. The van der Waals surface area contributed by atoms with E-state index >= 15 is 0 Å². The molecule has 0 bridgehead atoms. The lowest BCUT2D eigenvalue weighted by Crippen LogP contribution is -2.62. The van der Waals surface area contributed by atoms with Gasteiger partial charge in [-0.25, -0.2) is 4.79 Å². The van der Waals surface area contributed by atoms with Gasteiger partial charge in [-0.2, -0.15) is 0 Å². The fraction of sp³-hybridized carbons (Fsp3) is 0.614. The van der Waals surface area contributed by atoms with Gasteiger partial charge in [0.1, 0.15) is 48.3 Å². The highest BCUT2D eigenvalue weighted by atomic mass is 16.4. The molecular weight excluding hydrogens is 957 g/mol. The molecule has 0 saturated carbocycles. The lowest BCUT2D eigenvalue weighted by Gasteiger charge is -2.29. The molecule has 0 spiro atoms. The zero-order valence-electron chi connectivity index (χ0n) is 41.0. The van der Waals surface area contributed by atoms with Crippen LogP contribution in [0.1, 0.15) is 79.2 Å². The predicted octanol–water partition coefficient (Wildman–Crippen LogP) is -5.97. The summed E-state index contributed by atoms with van der Waals surface area (Å²) in [5.74, 6) is -13.3. The number of aliphatic carboxylic acids is 3. The first-order chi connectivity index (χ1) is 33.6. The summed E-state index contributed by atoms with van der Waals surface area (Å²) in [6.07, 6.45) is -3.16. The van der Waals surface area contributed by atoms with E-state index in [0.717, 1.165) is 26.3 Å². The van der Waals surface area contributed by atoms with Crippen LogP contribution < -0.4 is 54.0 Å². The molecule has 8 amide bonds. The smallest absolute Gasteiger partial charge is 0.326 e. The van der Waals surface area contributed by atoms with Crippen LogP contribution in [0.25, 0.3) is 0 Å². The topological polar surface area (TPSA) is 478 Å². The minimum Gasteiger partial charge on any atom is -0.481 e. The van der Waals surface area contributed by atoms with E-state index in [0.29, 0.717) is 19.3 Å². The van der Waals surface area contributed by atoms with Crippen LogP contribution in [0.4, 0.5) is 0 Å². The zero-order valence-corrected chi connectivity index (χ0v) is 41.0. The fourth-order valence-corrected chi connectivity index (χ4v) is 6.22. The first-order valence-corrected chi connectivity index (χ1v) is 22.8. The second-order valence-electron chi connectivity index (χ2n) is 16.7. The highest BCUT2D eigenvalue weighted by molar-refractivity contribution is 5.99. The third-order valence-corrected chi connectivity index (χ3v) is 10.5. The predicted molar refractivity (Wildman–Crippen MR) is 252 cm³/mol. The summed E-state index contributed by atoms with van der Waals surface area (Å²) in [6.45, 7) is 5.86. The third-order valence-electron chi connectivity index (χ3n) is 10.5. The number of benzene rings is 1. The van der Waals surface area contributed by atoms with Gasteiger partial charge in [0.15, 0.2) is 0 Å². The number of unbranched alkanes of at least 4 members (excludes halogenated alkanes) is 1. The summed E-state index contributed by atoms with van der Waals surface area (Å²) in [6, 6.07) is -5.77. The van der Waals surface area contributed by atoms with E-state index in [4.69, 9.17) is 21.4 Å². The molecular formula is C44H72N10O18. The van der Waals surface area contributed by atoms with Crippen molar-refractivity contribution in [3.05, 3.63) is 35.9 Å². The van der Waals surface area contributed by atoms with Gasteiger partial charge in [0.2, 0.25) is 47.3 Å². The van der Waals surface area contributed by atoms with Gasteiger partial charge in [0.05, 0.1) is 37.9 Å². The minimum absolute atomic E-state index is 0.0297. The average molecular weight is 1030 g/mol. The Hall–Kier alpha value is -6.85. The van der Waals surface area contributed by atoms with Gasteiger partial charge in [-0.3, -0.25) is 47.9 Å². The number of hydrogen-bond donors (Lipinski definition) is 17. The van der Waals surface area contributed by atoms with Gasteiger partial charge in [-0.1, -0.05) is 50.6 Å². The van der Waals surface area contributed by atoms with Crippen LogP contribution in [-0.4, -0.2) is 187 Å². The Morgan fingerprint density at radius 2 is 0.972 bits per heavy atom. The van der Waals surface area contributed by atoms with Crippen molar-refractivity contribution in [2.24, 2.45) is 17.4 Å². The van der Waals surface area contributed by atoms with E-state index < -0.39 is 157 Å². The quantitative estimate of drug-likeness (QED) is 0.0308. The Morgan fingerprint density at radius 3 is 1.42 bits per heavy atom. The molecule has 0 unspecified atom stereocenters. The lowest BCUT2D eigenvalue weighted by molar-refractivity contribution is -0.143. The standard InChI is InChI=1S/C42H68N10O16.C2H4O2/c1-6-20(2)31(50-41(66)33(23(5)56)51-35(60)25(44)16-24-12-8-7-9-13-24)39(64)48-28(18-53)37(62)45-21(3)34(59)47-27(17-30(57)58)36(61)52-32(22(4)55)40(65)49-29(19-54)38(63)46-26(42(67)68)14-10-11-15-43;1-2(3)4/h7-9,12-13,20-23,25-29,31-33,53-56H,6,10-11,14-19,43-44H2,1-5H3,(H,45,62)(H,46,63)(H,47,59)(H,48,64)(H,49,65)(H,50,66)(H,51,60)(H,52,61)(H,57,58)(H,67,68);1H3,(H,3,4)/t20-,21-,22+,23+,25-,26-,27-,28-,29-,31-,32-,33-;/m0./s1. The van der Waals surface area contributed by atoms with E-state index in [2.05, 4.69) is 42.5 Å². The van der Waals surface area contributed by atoms with Gasteiger partial charge in [0, 0.05) is 6.92 Å². The minimum atomic E-state index is -1.97. The molecule has 1 aromatic carbocycles. The number of nitrogens with one attached hydrogen (secondary N) is 8. The second kappa shape index (κ2) is 33.7. The number of rotatable bonds is 31. The van der Waals surface area contributed by atoms with Crippen molar-refractivity contribution in [3.63, 3.8) is 0 Å². The molecule has 0 aliphatic heterocycles. The van der Waals surface area contributed by atoms with Crippen LogP contribution in [0.3, 0.4) is 0 Å². The highest BCUT2D eigenvalue weighted by Crippen LogP contribution is 2.11. The summed E-state index contributed by atoms with van der Waals surface area (Å²) < 4.78 is 0. The van der Waals surface area contributed by atoms with Gasteiger partial charge in [-0.05, 0) is 64.5 Å². The number of carbonyl (C=O) groups is 11. The van der Waals surface area contributed by atoms with Gasteiger partial charge in [-0.15, -0.1) is 0 Å². The molecule has 0 aromatic heterocycles. The summed E-state index contributed by atoms with van der Waals surface area (Å²) in [5, 5.41) is 84.7. The van der Waals surface area contributed by atoms with E-state index in [9.17, 15) is 78.6 Å². The monoisotopic (exact) mass is 1030 g/mol. The molecule has 0 aliphatic carbocycles. The van der Waals surface area contributed by atoms with Crippen LogP contribution in [0, 0.1) is 5.92 Å². The molecule has 12 atom stereocenters. The summed E-state index contributed by atoms with van der Waals surface area (Å²) >= 11 is 0. The zero-order chi connectivity index (χ0) is 55.4. The molecule has 1 rings (SSSR count). The molecule has 28 heteroatoms. The van der Waals surface area contributed by atoms with Crippen molar-refractivity contribution in [3.8, 4) is 0 Å². The number of aliphatic hydroxyl groups is 4. The van der Waals surface area contributed by atoms with Crippen molar-refractivity contribution >= 4 is 65.2 Å². The average Bonchev–Trinajstić information content (AvgIpc) is 3.30. The molecule has 28 nitrogen and oxygen atoms in total. The first kappa shape index (κ1) is 65.1. The number of amides is 8. The number of aliphatic hydroxyl groups excluding tert-OH is 4. The van der Waals surface area contributed by atoms with Crippen LogP contribution in [0.2, 0.25) is 0 Å². The summed E-state index contributed by atoms with van der Waals surface area (Å²) in [7, 11) is 0. The molecule has 1 aromatic rings.